The monoisotopic (exact) mass is 210 g/mol. The maximum atomic E-state index is 11.5. The molecule has 0 saturated carbocycles. The summed E-state index contributed by atoms with van der Waals surface area (Å²) >= 11 is 5.16. The molecular weight excluding hydrogens is 200 g/mol. The molecule has 0 N–H and O–H groups in total. The molecule has 0 aromatic heterocycles. The van der Waals surface area contributed by atoms with Crippen LogP contribution in [0.15, 0.2) is 30.3 Å². The highest BCUT2D eigenvalue weighted by Gasteiger charge is 2.05. The predicted octanol–water partition coefficient (Wildman–Crippen LogP) is 2.81. The van der Waals surface area contributed by atoms with E-state index in [0.29, 0.717) is 18.4 Å². The number of carbonyl (C=O) groups excluding carboxylic acids is 2. The van der Waals surface area contributed by atoms with E-state index in [4.69, 9.17) is 11.6 Å². The normalized spacial score (nSPS) is 9.79. The lowest BCUT2D eigenvalue weighted by Crippen LogP contribution is -1.99. The van der Waals surface area contributed by atoms with Gasteiger partial charge >= 0.3 is 0 Å². The lowest BCUT2D eigenvalue weighted by atomic mass is 10.1. The Morgan fingerprint density at radius 3 is 2.29 bits per heavy atom. The molecule has 0 atom stereocenters. The van der Waals surface area contributed by atoms with Gasteiger partial charge in [-0.15, -0.1) is 0 Å². The van der Waals surface area contributed by atoms with Gasteiger partial charge in [0.15, 0.2) is 5.78 Å². The highest BCUT2D eigenvalue weighted by Crippen LogP contribution is 2.07. The van der Waals surface area contributed by atoms with Gasteiger partial charge in [0, 0.05) is 18.4 Å². The lowest BCUT2D eigenvalue weighted by Gasteiger charge is -1.98. The van der Waals surface area contributed by atoms with Crippen LogP contribution < -0.4 is 0 Å². The van der Waals surface area contributed by atoms with Crippen molar-refractivity contribution in [2.45, 2.75) is 19.3 Å². The van der Waals surface area contributed by atoms with Gasteiger partial charge in [-0.3, -0.25) is 9.59 Å². The van der Waals surface area contributed by atoms with E-state index >= 15 is 0 Å². The first-order chi connectivity index (χ1) is 6.70. The summed E-state index contributed by atoms with van der Waals surface area (Å²) in [6, 6.07) is 9.04. The van der Waals surface area contributed by atoms with Crippen molar-refractivity contribution in [3.8, 4) is 0 Å². The highest BCUT2D eigenvalue weighted by atomic mass is 35.5. The van der Waals surface area contributed by atoms with E-state index in [1.165, 1.54) is 0 Å². The van der Waals surface area contributed by atoms with Gasteiger partial charge in [0.25, 0.3) is 0 Å². The van der Waals surface area contributed by atoms with Crippen LogP contribution >= 0.6 is 11.6 Å². The Morgan fingerprint density at radius 1 is 1.07 bits per heavy atom. The van der Waals surface area contributed by atoms with Crippen LogP contribution in [0.1, 0.15) is 29.6 Å². The minimum Gasteiger partial charge on any atom is -0.294 e. The van der Waals surface area contributed by atoms with Crippen molar-refractivity contribution in [1.82, 2.24) is 0 Å². The summed E-state index contributed by atoms with van der Waals surface area (Å²) in [6.07, 6.45) is 1.17. The molecule has 3 heteroatoms. The third kappa shape index (κ3) is 3.71. The molecule has 1 aromatic carbocycles. The van der Waals surface area contributed by atoms with Crippen LogP contribution in [0.3, 0.4) is 0 Å². The van der Waals surface area contributed by atoms with Crippen molar-refractivity contribution in [3.05, 3.63) is 35.9 Å². The summed E-state index contributed by atoms with van der Waals surface area (Å²) in [5, 5.41) is -0.383. The Balaban J connectivity index is 2.40. The summed E-state index contributed by atoms with van der Waals surface area (Å²) < 4.78 is 0. The van der Waals surface area contributed by atoms with E-state index < -0.39 is 0 Å². The van der Waals surface area contributed by atoms with Gasteiger partial charge in [0.1, 0.15) is 0 Å². The van der Waals surface area contributed by atoms with Gasteiger partial charge in [-0.2, -0.15) is 0 Å². The molecule has 0 bridgehead atoms. The molecule has 0 fully saturated rings. The fourth-order valence-corrected chi connectivity index (χ4v) is 1.29. The summed E-state index contributed by atoms with van der Waals surface area (Å²) in [4.78, 5) is 21.9. The van der Waals surface area contributed by atoms with Crippen LogP contribution in [0.5, 0.6) is 0 Å². The van der Waals surface area contributed by atoms with Crippen molar-refractivity contribution in [2.75, 3.05) is 0 Å². The van der Waals surface area contributed by atoms with Crippen LogP contribution in [0.25, 0.3) is 0 Å². The van der Waals surface area contributed by atoms with Gasteiger partial charge < -0.3 is 0 Å². The molecule has 0 unspecified atom stereocenters. The molecule has 0 radical (unpaired) electrons. The number of rotatable bonds is 5. The molecule has 0 aliphatic carbocycles. The maximum Gasteiger partial charge on any atom is 0.221 e. The highest BCUT2D eigenvalue weighted by molar-refractivity contribution is 6.63. The second kappa shape index (κ2) is 5.55. The molecule has 0 amide bonds. The van der Waals surface area contributed by atoms with Gasteiger partial charge in [0.2, 0.25) is 5.24 Å². The molecule has 0 saturated heterocycles. The zero-order valence-corrected chi connectivity index (χ0v) is 8.46. The van der Waals surface area contributed by atoms with Crippen molar-refractivity contribution in [3.63, 3.8) is 0 Å². The molecule has 0 aliphatic rings. The topological polar surface area (TPSA) is 34.1 Å². The predicted molar refractivity (Wildman–Crippen MR) is 55.5 cm³/mol. The third-order valence-electron chi connectivity index (χ3n) is 1.87. The van der Waals surface area contributed by atoms with E-state index in [2.05, 4.69) is 0 Å². The molecule has 1 rings (SSSR count). The quantitative estimate of drug-likeness (QED) is 0.553. The SMILES string of the molecule is O=C(Cl)CCCC(=O)c1ccccc1. The van der Waals surface area contributed by atoms with E-state index in [0.717, 1.165) is 0 Å². The molecule has 74 valence electrons. The fraction of sp³-hybridized carbons (Fsp3) is 0.273. The summed E-state index contributed by atoms with van der Waals surface area (Å²) in [5.41, 5.74) is 0.689. The molecule has 0 heterocycles. The molecule has 2 nitrogen and oxygen atoms in total. The van der Waals surface area contributed by atoms with Crippen LogP contribution in [-0.4, -0.2) is 11.0 Å². The second-order valence-corrected chi connectivity index (χ2v) is 3.42. The standard InChI is InChI=1S/C11H11ClO2/c12-11(14)8-4-7-10(13)9-5-2-1-3-6-9/h1-3,5-6H,4,7-8H2. The smallest absolute Gasteiger partial charge is 0.221 e. The zero-order valence-electron chi connectivity index (χ0n) is 7.70. The molecule has 14 heavy (non-hydrogen) atoms. The summed E-state index contributed by atoms with van der Waals surface area (Å²) in [5.74, 6) is 0.0588. The van der Waals surface area contributed by atoms with E-state index in [1.54, 1.807) is 12.1 Å². The number of benzene rings is 1. The fourth-order valence-electron chi connectivity index (χ4n) is 1.16. The minimum atomic E-state index is -0.383. The van der Waals surface area contributed by atoms with Crippen LogP contribution in [-0.2, 0) is 4.79 Å². The Bertz CT molecular complexity index is 319. The third-order valence-corrected chi connectivity index (χ3v) is 2.06. The Hall–Kier alpha value is -1.15. The van der Waals surface area contributed by atoms with Gasteiger partial charge in [-0.25, -0.2) is 0 Å². The molecular formula is C11H11ClO2. The van der Waals surface area contributed by atoms with Crippen molar-refractivity contribution in [1.29, 1.82) is 0 Å². The molecule has 0 spiro atoms. The maximum absolute atomic E-state index is 11.5. The van der Waals surface area contributed by atoms with E-state index in [-0.39, 0.29) is 17.4 Å². The van der Waals surface area contributed by atoms with Crippen molar-refractivity contribution >= 4 is 22.6 Å². The lowest BCUT2D eigenvalue weighted by molar-refractivity contribution is -0.111. The van der Waals surface area contributed by atoms with Gasteiger partial charge in [0.05, 0.1) is 0 Å². The number of hydrogen-bond acceptors (Lipinski definition) is 2. The number of halogens is 1. The van der Waals surface area contributed by atoms with Gasteiger partial charge in [-0.1, -0.05) is 30.3 Å². The van der Waals surface area contributed by atoms with Crippen molar-refractivity contribution in [2.24, 2.45) is 0 Å². The molecule has 1 aromatic rings. The number of carbonyl (C=O) groups is 2. The summed E-state index contributed by atoms with van der Waals surface area (Å²) in [7, 11) is 0. The van der Waals surface area contributed by atoms with E-state index in [9.17, 15) is 9.59 Å². The first kappa shape index (κ1) is 10.9. The summed E-state index contributed by atoms with van der Waals surface area (Å²) in [6.45, 7) is 0. The number of hydrogen-bond donors (Lipinski definition) is 0. The first-order valence-corrected chi connectivity index (χ1v) is 4.84. The van der Waals surface area contributed by atoms with Crippen molar-refractivity contribution < 1.29 is 9.59 Å². The number of ketones is 1. The number of Topliss-reactive ketones (excluding diaryl/α,β-unsaturated/α-hetero) is 1. The van der Waals surface area contributed by atoms with E-state index in [1.807, 2.05) is 18.2 Å². The Kier molecular flexibility index (Phi) is 4.33. The zero-order chi connectivity index (χ0) is 10.4. The first-order valence-electron chi connectivity index (χ1n) is 4.47. The largest absolute Gasteiger partial charge is 0.294 e. The molecule has 0 aliphatic heterocycles. The average molecular weight is 211 g/mol. The second-order valence-electron chi connectivity index (χ2n) is 3.00. The Labute approximate surface area is 87.9 Å². The van der Waals surface area contributed by atoms with Crippen LogP contribution in [0.4, 0.5) is 0 Å². The Morgan fingerprint density at radius 2 is 1.71 bits per heavy atom. The van der Waals surface area contributed by atoms with Crippen LogP contribution in [0, 0.1) is 0 Å². The minimum absolute atomic E-state index is 0.0588. The average Bonchev–Trinajstić information content (AvgIpc) is 2.18. The van der Waals surface area contributed by atoms with Gasteiger partial charge in [-0.05, 0) is 18.0 Å². The van der Waals surface area contributed by atoms with Crippen LogP contribution in [0.2, 0.25) is 0 Å².